The van der Waals surface area contributed by atoms with Crippen LogP contribution in [-0.4, -0.2) is 27.8 Å². The van der Waals surface area contributed by atoms with E-state index in [0.717, 1.165) is 24.0 Å². The molecule has 0 aliphatic carbocycles. The van der Waals surface area contributed by atoms with Gasteiger partial charge in [0.2, 0.25) is 0 Å². The Morgan fingerprint density at radius 2 is 2.10 bits per heavy atom. The molecule has 1 heterocycles. The van der Waals surface area contributed by atoms with E-state index in [2.05, 4.69) is 39.7 Å². The van der Waals surface area contributed by atoms with Gasteiger partial charge in [-0.3, -0.25) is 10.4 Å². The number of hydrogen-bond donors (Lipinski definition) is 2. The average Bonchev–Trinajstić information content (AvgIpc) is 2.47. The van der Waals surface area contributed by atoms with Crippen LogP contribution in [0.25, 0.3) is 11.0 Å². The zero-order valence-electron chi connectivity index (χ0n) is 12.2. The maximum atomic E-state index is 5.13. The van der Waals surface area contributed by atoms with E-state index in [4.69, 9.17) is 12.2 Å². The lowest BCUT2D eigenvalue weighted by atomic mass is 10.1. The van der Waals surface area contributed by atoms with Gasteiger partial charge in [0.25, 0.3) is 0 Å². The van der Waals surface area contributed by atoms with Gasteiger partial charge in [-0.25, -0.2) is 4.98 Å². The Hall–Kier alpha value is -2.08. The molecule has 0 spiro atoms. The Kier molecular flexibility index (Phi) is 5.57. The van der Waals surface area contributed by atoms with E-state index in [0.29, 0.717) is 16.7 Å². The molecule has 0 saturated carbocycles. The number of benzene rings is 1. The van der Waals surface area contributed by atoms with Gasteiger partial charge in [-0.05, 0) is 36.7 Å². The first-order chi connectivity index (χ1) is 10.1. The summed E-state index contributed by atoms with van der Waals surface area (Å²) in [5, 5.41) is 7.68. The molecule has 1 aromatic heterocycles. The van der Waals surface area contributed by atoms with E-state index < -0.39 is 0 Å². The molecule has 0 amide bonds. The van der Waals surface area contributed by atoms with Crippen LogP contribution in [-0.2, 0) is 0 Å². The third-order valence-electron chi connectivity index (χ3n) is 2.84. The molecule has 2 N–H and O–H groups in total. The molecule has 0 atom stereocenters. The predicted octanol–water partition coefficient (Wildman–Crippen LogP) is 2.47. The van der Waals surface area contributed by atoms with Gasteiger partial charge in [-0.15, -0.1) is 0 Å². The number of nitrogens with zero attached hydrogens (tertiary/aromatic N) is 3. The third-order valence-corrected chi connectivity index (χ3v) is 3.07. The summed E-state index contributed by atoms with van der Waals surface area (Å²) in [6, 6.07) is 7.72. The smallest absolute Gasteiger partial charge is 0.186 e. The second-order valence-electron chi connectivity index (χ2n) is 5.09. The normalized spacial score (nSPS) is 11.2. The van der Waals surface area contributed by atoms with Gasteiger partial charge in [-0.2, -0.15) is 5.10 Å². The van der Waals surface area contributed by atoms with Gasteiger partial charge in [0.05, 0.1) is 23.4 Å². The number of thiocarbonyl (C=S) groups is 1. The summed E-state index contributed by atoms with van der Waals surface area (Å²) in [6.45, 7) is 5.19. The maximum absolute atomic E-state index is 5.13. The van der Waals surface area contributed by atoms with Crippen molar-refractivity contribution in [1.82, 2.24) is 20.7 Å². The number of nitrogens with one attached hydrogen (secondary N) is 2. The average molecular weight is 301 g/mol. The van der Waals surface area contributed by atoms with Gasteiger partial charge >= 0.3 is 0 Å². The van der Waals surface area contributed by atoms with Crippen LogP contribution in [0.3, 0.4) is 0 Å². The topological polar surface area (TPSA) is 62.2 Å². The maximum Gasteiger partial charge on any atom is 0.186 e. The highest BCUT2D eigenvalue weighted by atomic mass is 32.1. The molecule has 0 radical (unpaired) electrons. The highest BCUT2D eigenvalue weighted by molar-refractivity contribution is 7.80. The predicted molar refractivity (Wildman–Crippen MR) is 90.3 cm³/mol. The van der Waals surface area contributed by atoms with Crippen LogP contribution in [0, 0.1) is 5.92 Å². The zero-order chi connectivity index (χ0) is 15.1. The monoisotopic (exact) mass is 301 g/mol. The molecule has 110 valence electrons. The van der Waals surface area contributed by atoms with Gasteiger partial charge in [0.15, 0.2) is 5.11 Å². The van der Waals surface area contributed by atoms with Gasteiger partial charge in [-0.1, -0.05) is 26.0 Å². The van der Waals surface area contributed by atoms with E-state index in [-0.39, 0.29) is 0 Å². The minimum Gasteiger partial charge on any atom is -0.361 e. The van der Waals surface area contributed by atoms with Crippen molar-refractivity contribution in [1.29, 1.82) is 0 Å². The summed E-state index contributed by atoms with van der Waals surface area (Å²) in [7, 11) is 0. The number of hydrogen-bond acceptors (Lipinski definition) is 4. The van der Waals surface area contributed by atoms with Crippen molar-refractivity contribution in [3.63, 3.8) is 0 Å². The summed E-state index contributed by atoms with van der Waals surface area (Å²) in [6.07, 6.45) is 4.36. The first kappa shape index (κ1) is 15.3. The molecule has 0 saturated heterocycles. The zero-order valence-corrected chi connectivity index (χ0v) is 13.0. The van der Waals surface area contributed by atoms with Crippen molar-refractivity contribution in [2.75, 3.05) is 6.54 Å². The van der Waals surface area contributed by atoms with Gasteiger partial charge in [0, 0.05) is 6.54 Å². The van der Waals surface area contributed by atoms with Crippen LogP contribution in [0.5, 0.6) is 0 Å². The number of hydrazone groups is 1. The fraction of sp³-hybridized carbons (Fsp3) is 0.333. The number of para-hydroxylation sites is 2. The molecule has 21 heavy (non-hydrogen) atoms. The molecule has 2 aromatic rings. The van der Waals surface area contributed by atoms with E-state index in [9.17, 15) is 0 Å². The molecule has 2 rings (SSSR count). The molecule has 1 aromatic carbocycles. The van der Waals surface area contributed by atoms with Crippen LogP contribution < -0.4 is 10.7 Å². The van der Waals surface area contributed by atoms with E-state index >= 15 is 0 Å². The summed E-state index contributed by atoms with van der Waals surface area (Å²) >= 11 is 5.13. The van der Waals surface area contributed by atoms with E-state index in [1.807, 2.05) is 24.3 Å². The molecule has 0 unspecified atom stereocenters. The van der Waals surface area contributed by atoms with Crippen molar-refractivity contribution in [2.45, 2.75) is 20.3 Å². The molecule has 0 aliphatic heterocycles. The quantitative estimate of drug-likeness (QED) is 0.505. The highest BCUT2D eigenvalue weighted by Crippen LogP contribution is 2.07. The Bertz CT molecular complexity index is 639. The highest BCUT2D eigenvalue weighted by Gasteiger charge is 1.97. The van der Waals surface area contributed by atoms with Gasteiger partial charge in [0.1, 0.15) is 5.69 Å². The summed E-state index contributed by atoms with van der Waals surface area (Å²) in [5.41, 5.74) is 5.18. The lowest BCUT2D eigenvalue weighted by molar-refractivity contribution is 0.576. The number of aromatic nitrogens is 2. The number of rotatable bonds is 5. The Balaban J connectivity index is 1.86. The van der Waals surface area contributed by atoms with Crippen LogP contribution >= 0.6 is 12.2 Å². The van der Waals surface area contributed by atoms with Crippen molar-refractivity contribution in [2.24, 2.45) is 11.0 Å². The van der Waals surface area contributed by atoms with E-state index in [1.165, 1.54) is 0 Å². The third kappa shape index (κ3) is 5.07. The Labute approximate surface area is 129 Å². The van der Waals surface area contributed by atoms with Crippen LogP contribution in [0.4, 0.5) is 0 Å². The fourth-order valence-corrected chi connectivity index (χ4v) is 1.86. The van der Waals surface area contributed by atoms with Crippen molar-refractivity contribution >= 4 is 34.6 Å². The summed E-state index contributed by atoms with van der Waals surface area (Å²) < 4.78 is 0. The summed E-state index contributed by atoms with van der Waals surface area (Å²) in [4.78, 5) is 8.76. The van der Waals surface area contributed by atoms with E-state index in [1.54, 1.807) is 12.4 Å². The Morgan fingerprint density at radius 3 is 2.86 bits per heavy atom. The lowest BCUT2D eigenvalue weighted by Gasteiger charge is -2.08. The van der Waals surface area contributed by atoms with Gasteiger partial charge < -0.3 is 5.32 Å². The Morgan fingerprint density at radius 1 is 1.33 bits per heavy atom. The first-order valence-electron chi connectivity index (χ1n) is 6.94. The SMILES string of the molecule is CC(C)CCNC(=S)N/N=C\c1cnc2ccccc2n1. The van der Waals surface area contributed by atoms with Crippen LogP contribution in [0.1, 0.15) is 26.0 Å². The standard InChI is InChI=1S/C15H19N5S/c1-11(2)7-8-16-15(21)20-18-10-12-9-17-13-5-3-4-6-14(13)19-12/h3-6,9-11H,7-8H2,1-2H3,(H2,16,20,21)/b18-10-. The molecular formula is C15H19N5S. The lowest BCUT2D eigenvalue weighted by Crippen LogP contribution is -2.33. The minimum absolute atomic E-state index is 0.514. The first-order valence-corrected chi connectivity index (χ1v) is 7.34. The van der Waals surface area contributed by atoms with Crippen molar-refractivity contribution < 1.29 is 0 Å². The van der Waals surface area contributed by atoms with Crippen molar-refractivity contribution in [3.8, 4) is 0 Å². The molecule has 0 aliphatic rings. The second-order valence-corrected chi connectivity index (χ2v) is 5.50. The molecule has 6 heteroatoms. The number of fused-ring (bicyclic) bond motifs is 1. The van der Waals surface area contributed by atoms with Crippen molar-refractivity contribution in [3.05, 3.63) is 36.2 Å². The molecule has 5 nitrogen and oxygen atoms in total. The second kappa shape index (κ2) is 7.64. The minimum atomic E-state index is 0.514. The summed E-state index contributed by atoms with van der Waals surface area (Å²) in [5.74, 6) is 0.650. The molecule has 0 fully saturated rings. The largest absolute Gasteiger partial charge is 0.361 e. The fourth-order valence-electron chi connectivity index (χ4n) is 1.70. The van der Waals surface area contributed by atoms with Crippen LogP contribution in [0.15, 0.2) is 35.6 Å². The van der Waals surface area contributed by atoms with Crippen LogP contribution in [0.2, 0.25) is 0 Å². The molecular weight excluding hydrogens is 282 g/mol. The molecule has 0 bridgehead atoms.